The molecule has 0 spiro atoms. The molecule has 2 N–H and O–H groups in total. The Morgan fingerprint density at radius 1 is 1.10 bits per heavy atom. The second-order valence-corrected chi connectivity index (χ2v) is 4.88. The van der Waals surface area contributed by atoms with E-state index < -0.39 is 0 Å². The standard InChI is InChI=1S/C16H24N2O3/c1-13(19)17-11-7-3-4-10-16(20)18-12-14-8-5-6-9-15(14)21-2/h5-6,8-9H,3-4,7,10-12H2,1-2H3,(H,17,19)(H,18,20). The van der Waals surface area contributed by atoms with Crippen LogP contribution in [-0.2, 0) is 16.1 Å². The van der Waals surface area contributed by atoms with Gasteiger partial charge in [-0.15, -0.1) is 0 Å². The van der Waals surface area contributed by atoms with E-state index in [-0.39, 0.29) is 11.8 Å². The number of carbonyl (C=O) groups is 2. The summed E-state index contributed by atoms with van der Waals surface area (Å²) in [7, 11) is 1.62. The summed E-state index contributed by atoms with van der Waals surface area (Å²) < 4.78 is 5.24. The number of unbranched alkanes of at least 4 members (excludes halogenated alkanes) is 2. The van der Waals surface area contributed by atoms with Crippen LogP contribution in [0.3, 0.4) is 0 Å². The molecule has 0 aliphatic heterocycles. The molecule has 0 heterocycles. The molecule has 0 unspecified atom stereocenters. The van der Waals surface area contributed by atoms with Crippen LogP contribution in [-0.4, -0.2) is 25.5 Å². The van der Waals surface area contributed by atoms with Crippen molar-refractivity contribution in [3.05, 3.63) is 29.8 Å². The van der Waals surface area contributed by atoms with Gasteiger partial charge in [-0.2, -0.15) is 0 Å². The van der Waals surface area contributed by atoms with Crippen molar-refractivity contribution >= 4 is 11.8 Å². The molecule has 0 fully saturated rings. The minimum absolute atomic E-state index is 0.00967. The maximum Gasteiger partial charge on any atom is 0.220 e. The first kappa shape index (κ1) is 17.0. The molecular formula is C16H24N2O3. The van der Waals surface area contributed by atoms with Gasteiger partial charge in [-0.3, -0.25) is 9.59 Å². The van der Waals surface area contributed by atoms with E-state index in [1.165, 1.54) is 6.92 Å². The van der Waals surface area contributed by atoms with Crippen LogP contribution in [0.2, 0.25) is 0 Å². The molecule has 1 rings (SSSR count). The van der Waals surface area contributed by atoms with E-state index in [1.807, 2.05) is 24.3 Å². The SMILES string of the molecule is COc1ccccc1CNC(=O)CCCCCNC(C)=O. The Kier molecular flexibility index (Phi) is 7.94. The number of benzene rings is 1. The molecule has 5 heteroatoms. The lowest BCUT2D eigenvalue weighted by Crippen LogP contribution is -2.23. The van der Waals surface area contributed by atoms with Crippen molar-refractivity contribution in [2.75, 3.05) is 13.7 Å². The van der Waals surface area contributed by atoms with Gasteiger partial charge in [0.2, 0.25) is 11.8 Å². The lowest BCUT2D eigenvalue weighted by atomic mass is 10.1. The lowest BCUT2D eigenvalue weighted by Gasteiger charge is -2.09. The van der Waals surface area contributed by atoms with Crippen molar-refractivity contribution in [3.8, 4) is 5.75 Å². The number of hydrogen-bond donors (Lipinski definition) is 2. The first-order valence-electron chi connectivity index (χ1n) is 7.26. The highest BCUT2D eigenvalue weighted by Crippen LogP contribution is 2.16. The predicted octanol–water partition coefficient (Wildman–Crippen LogP) is 2.01. The van der Waals surface area contributed by atoms with Gasteiger partial charge >= 0.3 is 0 Å². The van der Waals surface area contributed by atoms with Gasteiger partial charge < -0.3 is 15.4 Å². The average molecular weight is 292 g/mol. The van der Waals surface area contributed by atoms with Crippen molar-refractivity contribution in [3.63, 3.8) is 0 Å². The van der Waals surface area contributed by atoms with Crippen molar-refractivity contribution in [1.29, 1.82) is 0 Å². The monoisotopic (exact) mass is 292 g/mol. The Bertz CT molecular complexity index is 461. The van der Waals surface area contributed by atoms with Gasteiger partial charge in [0.1, 0.15) is 5.75 Å². The maximum atomic E-state index is 11.7. The Morgan fingerprint density at radius 3 is 2.57 bits per heavy atom. The van der Waals surface area contributed by atoms with E-state index in [1.54, 1.807) is 7.11 Å². The quantitative estimate of drug-likeness (QED) is 0.684. The molecule has 0 saturated carbocycles. The molecule has 0 radical (unpaired) electrons. The highest BCUT2D eigenvalue weighted by atomic mass is 16.5. The topological polar surface area (TPSA) is 67.4 Å². The largest absolute Gasteiger partial charge is 0.496 e. The van der Waals surface area contributed by atoms with Gasteiger partial charge in [0, 0.05) is 32.0 Å². The van der Waals surface area contributed by atoms with Crippen LogP contribution >= 0.6 is 0 Å². The summed E-state index contributed by atoms with van der Waals surface area (Å²) in [6.07, 6.45) is 3.17. The van der Waals surface area contributed by atoms with E-state index in [2.05, 4.69) is 10.6 Å². The molecule has 0 aliphatic rings. The van der Waals surface area contributed by atoms with Crippen molar-refractivity contribution in [1.82, 2.24) is 10.6 Å². The molecule has 0 aromatic heterocycles. The molecule has 5 nitrogen and oxygen atoms in total. The molecule has 2 amide bonds. The Balaban J connectivity index is 2.15. The second-order valence-electron chi connectivity index (χ2n) is 4.88. The fourth-order valence-corrected chi connectivity index (χ4v) is 1.98. The summed E-state index contributed by atoms with van der Waals surface area (Å²) in [5.74, 6) is 0.818. The maximum absolute atomic E-state index is 11.7. The summed E-state index contributed by atoms with van der Waals surface area (Å²) in [4.78, 5) is 22.4. The van der Waals surface area contributed by atoms with E-state index in [9.17, 15) is 9.59 Å². The molecule has 0 aliphatic carbocycles. The third kappa shape index (κ3) is 7.34. The number of rotatable bonds is 9. The van der Waals surface area contributed by atoms with E-state index in [0.717, 1.165) is 30.6 Å². The molecule has 1 aromatic carbocycles. The number of para-hydroxylation sites is 1. The van der Waals surface area contributed by atoms with Crippen molar-refractivity contribution in [2.24, 2.45) is 0 Å². The molecule has 0 bridgehead atoms. The molecule has 0 saturated heterocycles. The predicted molar refractivity (Wildman–Crippen MR) is 82.0 cm³/mol. The lowest BCUT2D eigenvalue weighted by molar-refractivity contribution is -0.121. The number of nitrogens with one attached hydrogen (secondary N) is 2. The third-order valence-corrected chi connectivity index (χ3v) is 3.12. The minimum atomic E-state index is -0.00967. The zero-order valence-corrected chi connectivity index (χ0v) is 12.8. The third-order valence-electron chi connectivity index (χ3n) is 3.12. The smallest absolute Gasteiger partial charge is 0.220 e. The highest BCUT2D eigenvalue weighted by Gasteiger charge is 2.04. The molecule has 21 heavy (non-hydrogen) atoms. The number of amides is 2. The van der Waals surface area contributed by atoms with Gasteiger partial charge in [-0.1, -0.05) is 24.6 Å². The molecule has 0 atom stereocenters. The minimum Gasteiger partial charge on any atom is -0.496 e. The summed E-state index contributed by atoms with van der Waals surface area (Å²) in [5.41, 5.74) is 0.971. The zero-order chi connectivity index (χ0) is 15.5. The van der Waals surface area contributed by atoms with Crippen LogP contribution in [0, 0.1) is 0 Å². The summed E-state index contributed by atoms with van der Waals surface area (Å²) in [6.45, 7) is 2.66. The molecular weight excluding hydrogens is 268 g/mol. The Labute approximate surface area is 126 Å². The van der Waals surface area contributed by atoms with Crippen LogP contribution in [0.15, 0.2) is 24.3 Å². The van der Waals surface area contributed by atoms with Gasteiger partial charge in [0.05, 0.1) is 7.11 Å². The highest BCUT2D eigenvalue weighted by molar-refractivity contribution is 5.75. The number of methoxy groups -OCH3 is 1. The van der Waals surface area contributed by atoms with Crippen LogP contribution in [0.25, 0.3) is 0 Å². The average Bonchev–Trinajstić information content (AvgIpc) is 2.48. The molecule has 116 valence electrons. The summed E-state index contributed by atoms with van der Waals surface area (Å²) in [6, 6.07) is 7.64. The van der Waals surface area contributed by atoms with E-state index in [0.29, 0.717) is 19.5 Å². The Morgan fingerprint density at radius 2 is 1.86 bits per heavy atom. The van der Waals surface area contributed by atoms with Crippen molar-refractivity contribution in [2.45, 2.75) is 39.2 Å². The van der Waals surface area contributed by atoms with Gasteiger partial charge in [-0.05, 0) is 18.9 Å². The van der Waals surface area contributed by atoms with E-state index >= 15 is 0 Å². The van der Waals surface area contributed by atoms with Crippen LogP contribution in [0.1, 0.15) is 38.2 Å². The van der Waals surface area contributed by atoms with E-state index in [4.69, 9.17) is 4.74 Å². The normalized spacial score (nSPS) is 10.0. The zero-order valence-electron chi connectivity index (χ0n) is 12.8. The summed E-state index contributed by atoms with van der Waals surface area (Å²) >= 11 is 0. The Hall–Kier alpha value is -2.04. The fourth-order valence-electron chi connectivity index (χ4n) is 1.98. The van der Waals surface area contributed by atoms with Gasteiger partial charge in [0.25, 0.3) is 0 Å². The van der Waals surface area contributed by atoms with Crippen LogP contribution in [0.5, 0.6) is 5.75 Å². The number of carbonyl (C=O) groups excluding carboxylic acids is 2. The summed E-state index contributed by atoms with van der Waals surface area (Å²) in [5, 5.41) is 5.63. The first-order chi connectivity index (χ1) is 10.1. The molecule has 1 aromatic rings. The second kappa shape index (κ2) is 9.80. The number of hydrogen-bond acceptors (Lipinski definition) is 3. The van der Waals surface area contributed by atoms with Gasteiger partial charge in [-0.25, -0.2) is 0 Å². The first-order valence-corrected chi connectivity index (χ1v) is 7.26. The van der Waals surface area contributed by atoms with Crippen molar-refractivity contribution < 1.29 is 14.3 Å². The van der Waals surface area contributed by atoms with Crippen LogP contribution in [0.4, 0.5) is 0 Å². The fraction of sp³-hybridized carbons (Fsp3) is 0.500. The number of ether oxygens (including phenoxy) is 1. The van der Waals surface area contributed by atoms with Gasteiger partial charge in [0.15, 0.2) is 0 Å². The van der Waals surface area contributed by atoms with Crippen LogP contribution < -0.4 is 15.4 Å².